The maximum atomic E-state index is 6.18. The van der Waals surface area contributed by atoms with Crippen molar-refractivity contribution in [2.45, 2.75) is 12.5 Å². The van der Waals surface area contributed by atoms with E-state index < -0.39 is 0 Å². The first-order valence-corrected chi connectivity index (χ1v) is 10.00. The number of aromatic amines is 1. The van der Waals surface area contributed by atoms with Gasteiger partial charge in [-0.05, 0) is 30.2 Å². The van der Waals surface area contributed by atoms with Gasteiger partial charge in [-0.15, -0.1) is 5.10 Å². The molecule has 0 amide bonds. The van der Waals surface area contributed by atoms with Crippen LogP contribution in [0.4, 0.5) is 5.82 Å². The van der Waals surface area contributed by atoms with Crippen molar-refractivity contribution in [3.8, 4) is 11.4 Å². The summed E-state index contributed by atoms with van der Waals surface area (Å²) in [7, 11) is 0. The van der Waals surface area contributed by atoms with Crippen LogP contribution in [-0.4, -0.2) is 51.1 Å². The van der Waals surface area contributed by atoms with Crippen molar-refractivity contribution in [2.75, 3.05) is 24.5 Å². The molecule has 5 rings (SSSR count). The Morgan fingerprint density at radius 3 is 2.93 bits per heavy atom. The second-order valence-corrected chi connectivity index (χ2v) is 7.57. The normalized spacial score (nSPS) is 17.0. The molecule has 1 aliphatic rings. The van der Waals surface area contributed by atoms with Crippen LogP contribution >= 0.6 is 11.6 Å². The molecule has 3 heterocycles. The van der Waals surface area contributed by atoms with E-state index in [0.29, 0.717) is 17.0 Å². The highest BCUT2D eigenvalue weighted by Gasteiger charge is 2.21. The van der Waals surface area contributed by atoms with E-state index >= 15 is 0 Å². The number of hydrogen-bond acceptors (Lipinski definition) is 6. The Morgan fingerprint density at radius 1 is 1.14 bits per heavy atom. The summed E-state index contributed by atoms with van der Waals surface area (Å²) < 4.78 is 0. The van der Waals surface area contributed by atoms with Crippen molar-refractivity contribution in [2.24, 2.45) is 0 Å². The van der Waals surface area contributed by atoms with Crippen LogP contribution in [0.5, 0.6) is 0 Å². The molecule has 1 unspecified atom stereocenters. The number of nitrogens with one attached hydrogen (secondary N) is 2. The summed E-state index contributed by atoms with van der Waals surface area (Å²) in [4.78, 5) is 7.05. The second-order valence-electron chi connectivity index (χ2n) is 7.19. The molecule has 0 saturated carbocycles. The van der Waals surface area contributed by atoms with Crippen molar-refractivity contribution < 1.29 is 0 Å². The molecule has 2 aromatic heterocycles. The third-order valence-electron chi connectivity index (χ3n) is 5.22. The predicted molar refractivity (Wildman–Crippen MR) is 114 cm³/mol. The Kier molecular flexibility index (Phi) is 4.83. The quantitative estimate of drug-likeness (QED) is 0.543. The van der Waals surface area contributed by atoms with Crippen molar-refractivity contribution in [1.29, 1.82) is 0 Å². The highest BCUT2D eigenvalue weighted by molar-refractivity contribution is 6.34. The molecule has 1 atom stereocenters. The maximum Gasteiger partial charge on any atom is 0.183 e. The zero-order chi connectivity index (χ0) is 19.6. The molecule has 4 aromatic rings. The Bertz CT molecular complexity index is 1130. The van der Waals surface area contributed by atoms with Crippen LogP contribution in [0, 0.1) is 0 Å². The first-order chi connectivity index (χ1) is 14.3. The highest BCUT2D eigenvalue weighted by Crippen LogP contribution is 2.26. The molecule has 2 N–H and O–H groups in total. The number of rotatable bonds is 4. The van der Waals surface area contributed by atoms with Gasteiger partial charge in [0.1, 0.15) is 5.15 Å². The van der Waals surface area contributed by atoms with Crippen molar-refractivity contribution in [3.05, 3.63) is 65.4 Å². The fourth-order valence-corrected chi connectivity index (χ4v) is 3.95. The minimum atomic E-state index is 0.366. The Morgan fingerprint density at radius 2 is 2.03 bits per heavy atom. The molecule has 146 valence electrons. The molecule has 29 heavy (non-hydrogen) atoms. The standard InChI is InChI=1S/C21H20ClN7/c22-20-17-11-15(6-7-18(17)26-27-20)21-25-19(12-24-28-21)29-9-8-23-16(13-29)10-14-4-2-1-3-5-14/h1-7,11-12,16,23H,8-10,13H2,(H,26,27). The summed E-state index contributed by atoms with van der Waals surface area (Å²) in [6.45, 7) is 2.67. The lowest BCUT2D eigenvalue weighted by Crippen LogP contribution is -2.52. The Hall–Kier alpha value is -3.03. The van der Waals surface area contributed by atoms with Crippen molar-refractivity contribution in [1.82, 2.24) is 30.7 Å². The van der Waals surface area contributed by atoms with Crippen molar-refractivity contribution >= 4 is 28.3 Å². The molecule has 0 spiro atoms. The first-order valence-electron chi connectivity index (χ1n) is 9.62. The summed E-state index contributed by atoms with van der Waals surface area (Å²) in [6.07, 6.45) is 2.72. The average molecular weight is 406 g/mol. The summed E-state index contributed by atoms with van der Waals surface area (Å²) >= 11 is 6.18. The van der Waals surface area contributed by atoms with Crippen molar-refractivity contribution in [3.63, 3.8) is 0 Å². The average Bonchev–Trinajstić information content (AvgIpc) is 3.15. The van der Waals surface area contributed by atoms with Gasteiger partial charge in [0.05, 0.1) is 11.7 Å². The number of nitrogens with zero attached hydrogens (tertiary/aromatic N) is 5. The summed E-state index contributed by atoms with van der Waals surface area (Å²) in [5.41, 5.74) is 3.01. The van der Waals surface area contributed by atoms with E-state index in [4.69, 9.17) is 16.6 Å². The first kappa shape index (κ1) is 18.0. The zero-order valence-corrected chi connectivity index (χ0v) is 16.5. The number of benzene rings is 2. The largest absolute Gasteiger partial charge is 0.352 e. The molecular weight excluding hydrogens is 386 g/mol. The number of aromatic nitrogens is 5. The molecule has 7 nitrogen and oxygen atoms in total. The van der Waals surface area contributed by atoms with Gasteiger partial charge >= 0.3 is 0 Å². The molecule has 1 saturated heterocycles. The second kappa shape index (κ2) is 7.77. The van der Waals surface area contributed by atoms with Gasteiger partial charge in [-0.2, -0.15) is 10.2 Å². The zero-order valence-electron chi connectivity index (χ0n) is 15.7. The molecule has 1 aliphatic heterocycles. The van der Waals surface area contributed by atoms with Gasteiger partial charge in [-0.1, -0.05) is 41.9 Å². The Balaban J connectivity index is 1.37. The molecule has 1 fully saturated rings. The van der Waals surface area contributed by atoms with Crippen LogP contribution in [0.25, 0.3) is 22.3 Å². The van der Waals surface area contributed by atoms with E-state index in [-0.39, 0.29) is 0 Å². The SMILES string of the molecule is Clc1[nH]nc2ccc(-c3nncc(N4CCNC(Cc5ccccc5)C4)n3)cc12. The number of piperazine rings is 1. The van der Waals surface area contributed by atoms with E-state index in [1.165, 1.54) is 5.56 Å². The van der Waals surface area contributed by atoms with Crippen LogP contribution in [-0.2, 0) is 6.42 Å². The Labute approximate surface area is 173 Å². The van der Waals surface area contributed by atoms with Crippen LogP contribution in [0.1, 0.15) is 5.56 Å². The molecule has 0 radical (unpaired) electrons. The van der Waals surface area contributed by atoms with Gasteiger partial charge in [-0.25, -0.2) is 4.98 Å². The summed E-state index contributed by atoms with van der Waals surface area (Å²) in [5.74, 6) is 1.42. The van der Waals surface area contributed by atoms with Gasteiger partial charge in [0.25, 0.3) is 0 Å². The van der Waals surface area contributed by atoms with Gasteiger partial charge in [0.2, 0.25) is 0 Å². The predicted octanol–water partition coefficient (Wildman–Crippen LogP) is 3.09. The molecule has 2 aromatic carbocycles. The van der Waals surface area contributed by atoms with Gasteiger partial charge in [-0.3, -0.25) is 5.10 Å². The molecule has 0 aliphatic carbocycles. The maximum absolute atomic E-state index is 6.18. The lowest BCUT2D eigenvalue weighted by molar-refractivity contribution is 0.452. The van der Waals surface area contributed by atoms with E-state index in [9.17, 15) is 0 Å². The molecule has 8 heteroatoms. The van der Waals surface area contributed by atoms with Crippen LogP contribution in [0.2, 0.25) is 5.15 Å². The number of H-pyrrole nitrogens is 1. The number of anilines is 1. The smallest absolute Gasteiger partial charge is 0.183 e. The monoisotopic (exact) mass is 405 g/mol. The lowest BCUT2D eigenvalue weighted by atomic mass is 10.0. The number of fused-ring (bicyclic) bond motifs is 1. The van der Waals surface area contributed by atoms with Crippen LogP contribution in [0.15, 0.2) is 54.7 Å². The van der Waals surface area contributed by atoms with Gasteiger partial charge < -0.3 is 10.2 Å². The van der Waals surface area contributed by atoms with E-state index in [1.54, 1.807) is 6.20 Å². The van der Waals surface area contributed by atoms with E-state index in [0.717, 1.165) is 48.3 Å². The fraction of sp³-hybridized carbons (Fsp3) is 0.238. The number of halogens is 1. The molecular formula is C21H20ClN7. The van der Waals surface area contributed by atoms with Gasteiger partial charge in [0.15, 0.2) is 11.6 Å². The minimum Gasteiger partial charge on any atom is -0.352 e. The third kappa shape index (κ3) is 3.79. The third-order valence-corrected chi connectivity index (χ3v) is 5.50. The highest BCUT2D eigenvalue weighted by atomic mass is 35.5. The summed E-state index contributed by atoms with van der Waals surface area (Å²) in [6, 6.07) is 16.7. The van der Waals surface area contributed by atoms with Gasteiger partial charge in [0, 0.05) is 36.6 Å². The fourth-order valence-electron chi connectivity index (χ4n) is 3.76. The van der Waals surface area contributed by atoms with E-state index in [2.05, 4.69) is 54.9 Å². The summed E-state index contributed by atoms with van der Waals surface area (Å²) in [5, 5.41) is 20.4. The molecule has 0 bridgehead atoms. The lowest BCUT2D eigenvalue weighted by Gasteiger charge is -2.34. The number of hydrogen-bond donors (Lipinski definition) is 2. The van der Waals surface area contributed by atoms with Crippen LogP contribution < -0.4 is 10.2 Å². The topological polar surface area (TPSA) is 82.6 Å². The van der Waals surface area contributed by atoms with E-state index in [1.807, 2.05) is 24.3 Å². The minimum absolute atomic E-state index is 0.366. The van der Waals surface area contributed by atoms with Crippen LogP contribution in [0.3, 0.4) is 0 Å².